The molecule has 0 amide bonds. The third kappa shape index (κ3) is 3.53. The molecule has 3 heteroatoms. The standard InChI is InChI=1S/C18H22N2O/c1-13(20)15-9-8-14-6-4-5-7-16(14)17(15)21-11-10-18(2,3)12-19/h4-9,13H,10-11,20H2,1-3H3/t13-/m0/s1. The van der Waals surface area contributed by atoms with Crippen LogP contribution in [0.15, 0.2) is 36.4 Å². The summed E-state index contributed by atoms with van der Waals surface area (Å²) in [4.78, 5) is 0. The van der Waals surface area contributed by atoms with Gasteiger partial charge in [0.05, 0.1) is 18.1 Å². The molecule has 0 heterocycles. The second-order valence-electron chi connectivity index (χ2n) is 6.09. The van der Waals surface area contributed by atoms with Crippen molar-refractivity contribution in [3.63, 3.8) is 0 Å². The summed E-state index contributed by atoms with van der Waals surface area (Å²) >= 11 is 0. The normalized spacial score (nSPS) is 12.9. The van der Waals surface area contributed by atoms with Crippen molar-refractivity contribution in [1.29, 1.82) is 5.26 Å². The summed E-state index contributed by atoms with van der Waals surface area (Å²) in [7, 11) is 0. The molecule has 0 saturated carbocycles. The molecule has 21 heavy (non-hydrogen) atoms. The first kappa shape index (κ1) is 15.3. The highest BCUT2D eigenvalue weighted by atomic mass is 16.5. The average molecular weight is 282 g/mol. The van der Waals surface area contributed by atoms with E-state index in [4.69, 9.17) is 15.7 Å². The monoisotopic (exact) mass is 282 g/mol. The average Bonchev–Trinajstić information content (AvgIpc) is 2.47. The lowest BCUT2D eigenvalue weighted by molar-refractivity contribution is 0.264. The number of benzene rings is 2. The van der Waals surface area contributed by atoms with Crippen LogP contribution in [0.4, 0.5) is 0 Å². The van der Waals surface area contributed by atoms with Gasteiger partial charge in [0, 0.05) is 17.0 Å². The van der Waals surface area contributed by atoms with Crippen LogP contribution in [0.1, 0.15) is 38.8 Å². The number of fused-ring (bicyclic) bond motifs is 1. The zero-order chi connectivity index (χ0) is 15.5. The number of nitriles is 1. The Kier molecular flexibility index (Phi) is 4.50. The first-order valence-corrected chi connectivity index (χ1v) is 7.26. The predicted octanol–water partition coefficient (Wildman–Crippen LogP) is 4.18. The van der Waals surface area contributed by atoms with E-state index in [0.717, 1.165) is 22.1 Å². The lowest BCUT2D eigenvalue weighted by Crippen LogP contribution is -2.15. The number of nitrogens with zero attached hydrogens (tertiary/aromatic N) is 1. The van der Waals surface area contributed by atoms with Crippen molar-refractivity contribution in [2.45, 2.75) is 33.2 Å². The van der Waals surface area contributed by atoms with Gasteiger partial charge < -0.3 is 10.5 Å². The lowest BCUT2D eigenvalue weighted by atomic mass is 9.92. The van der Waals surface area contributed by atoms with Crippen molar-refractivity contribution in [1.82, 2.24) is 0 Å². The van der Waals surface area contributed by atoms with Gasteiger partial charge in [0.25, 0.3) is 0 Å². The molecule has 0 fully saturated rings. The maximum atomic E-state index is 9.08. The molecule has 0 aliphatic carbocycles. The van der Waals surface area contributed by atoms with Crippen molar-refractivity contribution < 1.29 is 4.74 Å². The molecular weight excluding hydrogens is 260 g/mol. The highest BCUT2D eigenvalue weighted by Crippen LogP contribution is 2.33. The molecule has 110 valence electrons. The first-order valence-electron chi connectivity index (χ1n) is 7.26. The summed E-state index contributed by atoms with van der Waals surface area (Å²) in [6.45, 7) is 6.31. The number of rotatable bonds is 5. The van der Waals surface area contributed by atoms with Crippen LogP contribution >= 0.6 is 0 Å². The van der Waals surface area contributed by atoms with Gasteiger partial charge in [0.1, 0.15) is 5.75 Å². The molecule has 2 N–H and O–H groups in total. The van der Waals surface area contributed by atoms with Crippen LogP contribution in [0.2, 0.25) is 0 Å². The number of hydrogen-bond donors (Lipinski definition) is 1. The summed E-state index contributed by atoms with van der Waals surface area (Å²) in [5.41, 5.74) is 6.68. The van der Waals surface area contributed by atoms with Gasteiger partial charge in [-0.15, -0.1) is 0 Å². The van der Waals surface area contributed by atoms with E-state index < -0.39 is 0 Å². The maximum absolute atomic E-state index is 9.08. The predicted molar refractivity (Wildman–Crippen MR) is 86.1 cm³/mol. The third-order valence-electron chi connectivity index (χ3n) is 3.68. The van der Waals surface area contributed by atoms with E-state index in [-0.39, 0.29) is 11.5 Å². The molecule has 0 aliphatic rings. The van der Waals surface area contributed by atoms with Crippen LogP contribution in [0, 0.1) is 16.7 Å². The molecule has 0 saturated heterocycles. The van der Waals surface area contributed by atoms with E-state index in [1.54, 1.807) is 0 Å². The Morgan fingerprint density at radius 3 is 2.62 bits per heavy atom. The van der Waals surface area contributed by atoms with E-state index in [2.05, 4.69) is 18.2 Å². The molecule has 0 spiro atoms. The van der Waals surface area contributed by atoms with Gasteiger partial charge in [-0.3, -0.25) is 0 Å². The Balaban J connectivity index is 2.32. The lowest BCUT2D eigenvalue weighted by Gasteiger charge is -2.19. The van der Waals surface area contributed by atoms with Crippen LogP contribution in [-0.2, 0) is 0 Å². The van der Waals surface area contributed by atoms with Crippen LogP contribution in [0.5, 0.6) is 5.75 Å². The van der Waals surface area contributed by atoms with E-state index in [1.807, 2.05) is 45.0 Å². The van der Waals surface area contributed by atoms with Gasteiger partial charge in [-0.2, -0.15) is 5.26 Å². The third-order valence-corrected chi connectivity index (χ3v) is 3.68. The minimum atomic E-state index is -0.376. The zero-order valence-electron chi connectivity index (χ0n) is 12.9. The fraction of sp³-hybridized carbons (Fsp3) is 0.389. The van der Waals surface area contributed by atoms with Crippen molar-refractivity contribution in [2.24, 2.45) is 11.1 Å². The first-order chi connectivity index (χ1) is 9.94. The summed E-state index contributed by atoms with van der Waals surface area (Å²) in [6, 6.07) is 14.4. The van der Waals surface area contributed by atoms with E-state index in [1.165, 1.54) is 0 Å². The van der Waals surface area contributed by atoms with Crippen molar-refractivity contribution in [3.8, 4) is 11.8 Å². The van der Waals surface area contributed by atoms with Crippen LogP contribution in [-0.4, -0.2) is 6.61 Å². The van der Waals surface area contributed by atoms with Crippen LogP contribution < -0.4 is 10.5 Å². The minimum absolute atomic E-state index is 0.0893. The molecular formula is C18H22N2O. The second kappa shape index (κ2) is 6.15. The molecule has 0 aromatic heterocycles. The molecule has 2 aromatic rings. The fourth-order valence-electron chi connectivity index (χ4n) is 2.24. The van der Waals surface area contributed by atoms with Gasteiger partial charge in [-0.1, -0.05) is 36.4 Å². The highest BCUT2D eigenvalue weighted by Gasteiger charge is 2.18. The Morgan fingerprint density at radius 1 is 1.24 bits per heavy atom. The van der Waals surface area contributed by atoms with E-state index in [0.29, 0.717) is 13.0 Å². The molecule has 0 aliphatic heterocycles. The largest absolute Gasteiger partial charge is 0.493 e. The van der Waals surface area contributed by atoms with Gasteiger partial charge in [-0.05, 0) is 32.6 Å². The molecule has 1 atom stereocenters. The molecule has 0 radical (unpaired) electrons. The fourth-order valence-corrected chi connectivity index (χ4v) is 2.24. The topological polar surface area (TPSA) is 59.0 Å². The minimum Gasteiger partial charge on any atom is -0.493 e. The molecule has 2 aromatic carbocycles. The smallest absolute Gasteiger partial charge is 0.131 e. The van der Waals surface area contributed by atoms with E-state index >= 15 is 0 Å². The second-order valence-corrected chi connectivity index (χ2v) is 6.09. The van der Waals surface area contributed by atoms with Gasteiger partial charge >= 0.3 is 0 Å². The van der Waals surface area contributed by atoms with Crippen molar-refractivity contribution in [3.05, 3.63) is 42.0 Å². The highest BCUT2D eigenvalue weighted by molar-refractivity contribution is 5.89. The van der Waals surface area contributed by atoms with Gasteiger partial charge in [0.2, 0.25) is 0 Å². The SMILES string of the molecule is C[C@H](N)c1ccc2ccccc2c1OCCC(C)(C)C#N. The summed E-state index contributed by atoms with van der Waals surface area (Å²) in [5.74, 6) is 0.844. The Hall–Kier alpha value is -2.05. The summed E-state index contributed by atoms with van der Waals surface area (Å²) in [6.07, 6.45) is 0.686. The summed E-state index contributed by atoms with van der Waals surface area (Å²) < 4.78 is 6.02. The molecule has 0 bridgehead atoms. The Morgan fingerprint density at radius 2 is 1.95 bits per heavy atom. The molecule has 0 unspecified atom stereocenters. The van der Waals surface area contributed by atoms with Crippen molar-refractivity contribution >= 4 is 10.8 Å². The maximum Gasteiger partial charge on any atom is 0.131 e. The van der Waals surface area contributed by atoms with E-state index in [9.17, 15) is 0 Å². The molecule has 3 nitrogen and oxygen atoms in total. The van der Waals surface area contributed by atoms with Gasteiger partial charge in [0.15, 0.2) is 0 Å². The Bertz CT molecular complexity index is 668. The summed E-state index contributed by atoms with van der Waals surface area (Å²) in [5, 5.41) is 11.3. The van der Waals surface area contributed by atoms with Crippen LogP contribution in [0.3, 0.4) is 0 Å². The van der Waals surface area contributed by atoms with Crippen molar-refractivity contribution in [2.75, 3.05) is 6.61 Å². The zero-order valence-corrected chi connectivity index (χ0v) is 12.9. The van der Waals surface area contributed by atoms with Gasteiger partial charge in [-0.25, -0.2) is 0 Å². The number of nitrogens with two attached hydrogens (primary N) is 1. The number of hydrogen-bond acceptors (Lipinski definition) is 3. The molecule has 2 rings (SSSR count). The number of ether oxygens (including phenoxy) is 1. The Labute approximate surface area is 126 Å². The quantitative estimate of drug-likeness (QED) is 0.895. The van der Waals surface area contributed by atoms with Crippen LogP contribution in [0.25, 0.3) is 10.8 Å².